The van der Waals surface area contributed by atoms with Crippen molar-refractivity contribution in [2.45, 2.75) is 6.92 Å². The molecular formula is C24H24FN3O5. The average molecular weight is 453 g/mol. The van der Waals surface area contributed by atoms with Crippen LogP contribution in [-0.4, -0.2) is 67.0 Å². The van der Waals surface area contributed by atoms with Gasteiger partial charge >= 0.3 is 6.09 Å². The van der Waals surface area contributed by atoms with Gasteiger partial charge < -0.3 is 19.3 Å². The fourth-order valence-corrected chi connectivity index (χ4v) is 3.74. The molecule has 2 aromatic rings. The second kappa shape index (κ2) is 9.72. The molecule has 172 valence electrons. The van der Waals surface area contributed by atoms with E-state index in [1.165, 1.54) is 23.1 Å². The number of carbonyl (C=O) groups is 3. The van der Waals surface area contributed by atoms with Gasteiger partial charge in [-0.25, -0.2) is 9.18 Å². The van der Waals surface area contributed by atoms with Crippen molar-refractivity contribution in [1.29, 1.82) is 0 Å². The van der Waals surface area contributed by atoms with E-state index >= 15 is 0 Å². The SMILES string of the molecule is CCOC(=O)N1CCN(C(=O)CN2C(=O)C(=Cc3ccccc3F)Oc3ccccc32)CC1. The highest BCUT2D eigenvalue weighted by Gasteiger charge is 2.34. The van der Waals surface area contributed by atoms with Crippen molar-refractivity contribution in [2.24, 2.45) is 0 Å². The lowest BCUT2D eigenvalue weighted by Crippen LogP contribution is -2.53. The molecule has 8 nitrogen and oxygen atoms in total. The number of ether oxygens (including phenoxy) is 2. The van der Waals surface area contributed by atoms with E-state index < -0.39 is 17.8 Å². The van der Waals surface area contributed by atoms with Gasteiger partial charge in [0, 0.05) is 31.7 Å². The average Bonchev–Trinajstić information content (AvgIpc) is 2.83. The Bertz CT molecular complexity index is 1100. The lowest BCUT2D eigenvalue weighted by Gasteiger charge is -2.36. The van der Waals surface area contributed by atoms with Gasteiger partial charge in [0.05, 0.1) is 12.3 Å². The van der Waals surface area contributed by atoms with Crippen molar-refractivity contribution in [3.05, 3.63) is 65.7 Å². The molecule has 2 aromatic carbocycles. The number of halogens is 1. The number of hydrogen-bond donors (Lipinski definition) is 0. The molecule has 9 heteroatoms. The van der Waals surface area contributed by atoms with Crippen LogP contribution in [-0.2, 0) is 14.3 Å². The minimum Gasteiger partial charge on any atom is -0.450 e. The second-order valence-electron chi connectivity index (χ2n) is 7.56. The summed E-state index contributed by atoms with van der Waals surface area (Å²) in [5.41, 5.74) is 0.674. The largest absolute Gasteiger partial charge is 0.450 e. The molecule has 0 atom stereocenters. The summed E-state index contributed by atoms with van der Waals surface area (Å²) in [5.74, 6) is -0.940. The number of benzene rings is 2. The zero-order chi connectivity index (χ0) is 23.4. The van der Waals surface area contributed by atoms with E-state index in [4.69, 9.17) is 9.47 Å². The summed E-state index contributed by atoms with van der Waals surface area (Å²) in [4.78, 5) is 42.6. The summed E-state index contributed by atoms with van der Waals surface area (Å²) in [5, 5.41) is 0. The summed E-state index contributed by atoms with van der Waals surface area (Å²) >= 11 is 0. The number of anilines is 1. The molecule has 0 saturated carbocycles. The smallest absolute Gasteiger partial charge is 0.409 e. The van der Waals surface area contributed by atoms with E-state index in [0.717, 1.165) is 0 Å². The molecular weight excluding hydrogens is 429 g/mol. The van der Waals surface area contributed by atoms with Crippen molar-refractivity contribution < 1.29 is 28.2 Å². The Morgan fingerprint density at radius 2 is 1.70 bits per heavy atom. The molecule has 2 aliphatic heterocycles. The predicted octanol–water partition coefficient (Wildman–Crippen LogP) is 2.89. The van der Waals surface area contributed by atoms with Gasteiger partial charge in [-0.2, -0.15) is 0 Å². The van der Waals surface area contributed by atoms with Gasteiger partial charge in [-0.05, 0) is 31.2 Å². The highest BCUT2D eigenvalue weighted by molar-refractivity contribution is 6.12. The zero-order valence-electron chi connectivity index (χ0n) is 18.2. The number of fused-ring (bicyclic) bond motifs is 1. The normalized spacial score (nSPS) is 17.0. The van der Waals surface area contributed by atoms with Gasteiger partial charge in [-0.15, -0.1) is 0 Å². The van der Waals surface area contributed by atoms with Crippen LogP contribution in [0, 0.1) is 5.82 Å². The van der Waals surface area contributed by atoms with E-state index in [2.05, 4.69) is 0 Å². The Labute approximate surface area is 190 Å². The number of rotatable bonds is 4. The van der Waals surface area contributed by atoms with Crippen LogP contribution in [0.25, 0.3) is 6.08 Å². The van der Waals surface area contributed by atoms with Crippen LogP contribution in [0.4, 0.5) is 14.9 Å². The predicted molar refractivity (Wildman–Crippen MR) is 119 cm³/mol. The van der Waals surface area contributed by atoms with Crippen molar-refractivity contribution in [1.82, 2.24) is 9.80 Å². The topological polar surface area (TPSA) is 79.4 Å². The van der Waals surface area contributed by atoms with Gasteiger partial charge in [0.15, 0.2) is 11.5 Å². The Balaban J connectivity index is 1.52. The van der Waals surface area contributed by atoms with Crippen LogP contribution in [0.1, 0.15) is 12.5 Å². The Kier molecular flexibility index (Phi) is 6.58. The Hall–Kier alpha value is -3.88. The van der Waals surface area contributed by atoms with Crippen LogP contribution < -0.4 is 9.64 Å². The molecule has 2 heterocycles. The van der Waals surface area contributed by atoms with E-state index in [1.54, 1.807) is 53.1 Å². The molecule has 33 heavy (non-hydrogen) atoms. The third-order valence-electron chi connectivity index (χ3n) is 5.48. The second-order valence-corrected chi connectivity index (χ2v) is 7.56. The maximum Gasteiger partial charge on any atom is 0.409 e. The quantitative estimate of drug-likeness (QED) is 0.666. The summed E-state index contributed by atoms with van der Waals surface area (Å²) in [6, 6.07) is 12.9. The van der Waals surface area contributed by atoms with Crippen LogP contribution >= 0.6 is 0 Å². The van der Waals surface area contributed by atoms with Crippen LogP contribution in [0.3, 0.4) is 0 Å². The highest BCUT2D eigenvalue weighted by Crippen LogP contribution is 2.35. The minimum absolute atomic E-state index is 0.0706. The van der Waals surface area contributed by atoms with Gasteiger partial charge in [-0.3, -0.25) is 14.5 Å². The molecule has 0 unspecified atom stereocenters. The number of amides is 3. The van der Waals surface area contributed by atoms with Gasteiger partial charge in [0.2, 0.25) is 5.91 Å². The summed E-state index contributed by atoms with van der Waals surface area (Å²) in [6.07, 6.45) is 0.938. The lowest BCUT2D eigenvalue weighted by atomic mass is 10.1. The lowest BCUT2D eigenvalue weighted by molar-refractivity contribution is -0.132. The monoisotopic (exact) mass is 453 g/mol. The molecule has 0 spiro atoms. The first-order valence-electron chi connectivity index (χ1n) is 10.7. The standard InChI is InChI=1S/C24H24FN3O5/c1-2-32-24(31)27-13-11-26(12-14-27)22(29)16-28-19-9-5-6-10-20(19)33-21(23(28)30)15-17-7-3-4-8-18(17)25/h3-10,15H,2,11-14,16H2,1H3. The molecule has 0 aromatic heterocycles. The zero-order valence-corrected chi connectivity index (χ0v) is 18.2. The van der Waals surface area contributed by atoms with E-state index in [1.807, 2.05) is 0 Å². The maximum atomic E-state index is 14.1. The fraction of sp³-hybridized carbons (Fsp3) is 0.292. The molecule has 4 rings (SSSR count). The third kappa shape index (κ3) is 4.82. The number of nitrogens with zero attached hydrogens (tertiary/aromatic N) is 3. The molecule has 0 aliphatic carbocycles. The maximum absolute atomic E-state index is 14.1. The van der Waals surface area contributed by atoms with E-state index in [-0.39, 0.29) is 23.8 Å². The molecule has 0 radical (unpaired) electrons. The number of hydrogen-bond acceptors (Lipinski definition) is 5. The molecule has 0 N–H and O–H groups in total. The fourth-order valence-electron chi connectivity index (χ4n) is 3.74. The molecule has 1 fully saturated rings. The van der Waals surface area contributed by atoms with E-state index in [0.29, 0.717) is 44.2 Å². The first-order valence-corrected chi connectivity index (χ1v) is 10.7. The van der Waals surface area contributed by atoms with Crippen LogP contribution in [0.15, 0.2) is 54.3 Å². The van der Waals surface area contributed by atoms with Crippen molar-refractivity contribution >= 4 is 29.7 Å². The molecule has 0 bridgehead atoms. The van der Waals surface area contributed by atoms with E-state index in [9.17, 15) is 18.8 Å². The van der Waals surface area contributed by atoms with Crippen molar-refractivity contribution in [3.63, 3.8) is 0 Å². The first kappa shape index (κ1) is 22.3. The first-order chi connectivity index (χ1) is 16.0. The van der Waals surface area contributed by atoms with Crippen LogP contribution in [0.2, 0.25) is 0 Å². The number of piperazine rings is 1. The van der Waals surface area contributed by atoms with Gasteiger partial charge in [0.1, 0.15) is 12.4 Å². The third-order valence-corrected chi connectivity index (χ3v) is 5.48. The minimum atomic E-state index is -0.532. The molecule has 2 aliphatic rings. The summed E-state index contributed by atoms with van der Waals surface area (Å²) < 4.78 is 24.9. The molecule has 1 saturated heterocycles. The Morgan fingerprint density at radius 1 is 1.03 bits per heavy atom. The number of para-hydroxylation sites is 2. The van der Waals surface area contributed by atoms with Crippen molar-refractivity contribution in [2.75, 3.05) is 44.2 Å². The number of carbonyl (C=O) groups excluding carboxylic acids is 3. The van der Waals surface area contributed by atoms with Crippen molar-refractivity contribution in [3.8, 4) is 5.75 Å². The highest BCUT2D eigenvalue weighted by atomic mass is 19.1. The molecule has 3 amide bonds. The van der Waals surface area contributed by atoms with Crippen LogP contribution in [0.5, 0.6) is 5.75 Å². The summed E-state index contributed by atoms with van der Waals surface area (Å²) in [7, 11) is 0. The van der Waals surface area contributed by atoms with Gasteiger partial charge in [0.25, 0.3) is 5.91 Å². The summed E-state index contributed by atoms with van der Waals surface area (Å²) in [6.45, 7) is 3.23. The Morgan fingerprint density at radius 3 is 2.42 bits per heavy atom. The van der Waals surface area contributed by atoms with Gasteiger partial charge in [-0.1, -0.05) is 30.3 Å².